The van der Waals surface area contributed by atoms with Gasteiger partial charge in [-0.15, -0.1) is 0 Å². The number of carbonyl (C=O) groups excluding carboxylic acids is 1. The predicted molar refractivity (Wildman–Crippen MR) is 90.5 cm³/mol. The first-order valence-electron chi connectivity index (χ1n) is 10.0. The molecule has 1 heteroatoms. The molecule has 4 aliphatic carbocycles. The molecule has 22 heavy (non-hydrogen) atoms. The Kier molecular flexibility index (Phi) is 3.51. The van der Waals surface area contributed by atoms with Crippen molar-refractivity contribution in [3.63, 3.8) is 0 Å². The second-order valence-electron chi connectivity index (χ2n) is 9.66. The van der Waals surface area contributed by atoms with Gasteiger partial charge in [0.05, 0.1) is 0 Å². The van der Waals surface area contributed by atoms with Gasteiger partial charge in [0.2, 0.25) is 0 Å². The summed E-state index contributed by atoms with van der Waals surface area (Å²) >= 11 is 0. The Morgan fingerprint density at radius 1 is 1.05 bits per heavy atom. The standard InChI is InChI=1S/C21H34O/c1-4-14-12-15-7-8-16-17-6-5-10-20(17,2)11-9-18(16)21(15,3)19(22)13-14/h14-18H,4-13H2,1-3H3/t14-,15-,16-,17+,18+,20-,21-/m0/s1. The number of hydrogen-bond donors (Lipinski definition) is 0. The van der Waals surface area contributed by atoms with Crippen LogP contribution in [0.3, 0.4) is 0 Å². The molecule has 0 N–H and O–H groups in total. The Morgan fingerprint density at radius 2 is 1.86 bits per heavy atom. The van der Waals surface area contributed by atoms with Gasteiger partial charge in [0.1, 0.15) is 5.78 Å². The Balaban J connectivity index is 1.64. The third kappa shape index (κ3) is 1.93. The average molecular weight is 303 g/mol. The van der Waals surface area contributed by atoms with Gasteiger partial charge < -0.3 is 0 Å². The van der Waals surface area contributed by atoms with E-state index in [2.05, 4.69) is 20.8 Å². The maximum atomic E-state index is 13.1. The highest BCUT2D eigenvalue weighted by Gasteiger charge is 2.60. The zero-order valence-corrected chi connectivity index (χ0v) is 14.9. The Bertz CT molecular complexity index is 469. The minimum Gasteiger partial charge on any atom is -0.299 e. The number of carbonyl (C=O) groups is 1. The third-order valence-corrected chi connectivity index (χ3v) is 8.96. The molecule has 0 amide bonds. The summed E-state index contributed by atoms with van der Waals surface area (Å²) in [6, 6.07) is 0. The summed E-state index contributed by atoms with van der Waals surface area (Å²) < 4.78 is 0. The minimum atomic E-state index is 0.0402. The third-order valence-electron chi connectivity index (χ3n) is 8.96. The van der Waals surface area contributed by atoms with Crippen molar-refractivity contribution in [1.82, 2.24) is 0 Å². The van der Waals surface area contributed by atoms with Crippen LogP contribution in [-0.4, -0.2) is 5.78 Å². The molecule has 124 valence electrons. The average Bonchev–Trinajstić information content (AvgIpc) is 2.90. The van der Waals surface area contributed by atoms with Crippen molar-refractivity contribution in [3.8, 4) is 0 Å². The van der Waals surface area contributed by atoms with E-state index in [9.17, 15) is 4.79 Å². The maximum Gasteiger partial charge on any atom is 0.139 e. The molecule has 0 unspecified atom stereocenters. The van der Waals surface area contributed by atoms with Gasteiger partial charge in [0.15, 0.2) is 0 Å². The highest BCUT2D eigenvalue weighted by molar-refractivity contribution is 5.86. The maximum absolute atomic E-state index is 13.1. The van der Waals surface area contributed by atoms with Crippen LogP contribution in [0.2, 0.25) is 0 Å². The van der Waals surface area contributed by atoms with Gasteiger partial charge in [-0.25, -0.2) is 0 Å². The van der Waals surface area contributed by atoms with E-state index >= 15 is 0 Å². The van der Waals surface area contributed by atoms with Gasteiger partial charge in [0.25, 0.3) is 0 Å². The number of fused-ring (bicyclic) bond motifs is 5. The van der Waals surface area contributed by atoms with E-state index in [1.54, 1.807) is 0 Å². The van der Waals surface area contributed by atoms with Crippen molar-refractivity contribution in [1.29, 1.82) is 0 Å². The van der Waals surface area contributed by atoms with Crippen molar-refractivity contribution in [2.45, 2.75) is 85.0 Å². The second-order valence-corrected chi connectivity index (χ2v) is 9.66. The first-order valence-corrected chi connectivity index (χ1v) is 10.0. The Morgan fingerprint density at radius 3 is 2.64 bits per heavy atom. The van der Waals surface area contributed by atoms with E-state index in [1.165, 1.54) is 57.8 Å². The number of Topliss-reactive ketones (excluding diaryl/α,β-unsaturated/α-hetero) is 1. The molecule has 7 atom stereocenters. The first-order chi connectivity index (χ1) is 10.5. The van der Waals surface area contributed by atoms with Gasteiger partial charge in [-0.05, 0) is 80.0 Å². The summed E-state index contributed by atoms with van der Waals surface area (Å²) in [6.45, 7) is 7.22. The van der Waals surface area contributed by atoms with Crippen LogP contribution in [0.1, 0.15) is 85.0 Å². The molecule has 0 aromatic carbocycles. The van der Waals surface area contributed by atoms with Crippen molar-refractivity contribution in [3.05, 3.63) is 0 Å². The molecular weight excluding hydrogens is 268 g/mol. The lowest BCUT2D eigenvalue weighted by Crippen LogP contribution is -2.56. The number of hydrogen-bond acceptors (Lipinski definition) is 1. The van der Waals surface area contributed by atoms with Gasteiger partial charge in [-0.1, -0.05) is 33.6 Å². The summed E-state index contributed by atoms with van der Waals surface area (Å²) in [5, 5.41) is 0. The van der Waals surface area contributed by atoms with Crippen molar-refractivity contribution < 1.29 is 4.79 Å². The molecule has 0 bridgehead atoms. The molecule has 0 aliphatic heterocycles. The topological polar surface area (TPSA) is 17.1 Å². The fourth-order valence-electron chi connectivity index (χ4n) is 7.50. The van der Waals surface area contributed by atoms with Crippen LogP contribution in [-0.2, 0) is 4.79 Å². The smallest absolute Gasteiger partial charge is 0.139 e. The molecule has 0 aromatic rings. The summed E-state index contributed by atoms with van der Waals surface area (Å²) in [5.41, 5.74) is 0.659. The van der Waals surface area contributed by atoms with Crippen LogP contribution >= 0.6 is 0 Å². The molecule has 0 radical (unpaired) electrons. The van der Waals surface area contributed by atoms with E-state index in [0.29, 0.717) is 29.0 Å². The van der Waals surface area contributed by atoms with Crippen molar-refractivity contribution in [2.24, 2.45) is 40.4 Å². The lowest BCUT2D eigenvalue weighted by molar-refractivity contribution is -0.157. The van der Waals surface area contributed by atoms with Crippen LogP contribution in [0.15, 0.2) is 0 Å². The molecule has 4 fully saturated rings. The largest absolute Gasteiger partial charge is 0.299 e. The molecular formula is C21H34O. The molecule has 1 nitrogen and oxygen atoms in total. The Hall–Kier alpha value is -0.330. The zero-order valence-electron chi connectivity index (χ0n) is 14.9. The minimum absolute atomic E-state index is 0.0402. The molecule has 0 spiro atoms. The fraction of sp³-hybridized carbons (Fsp3) is 0.952. The monoisotopic (exact) mass is 302 g/mol. The van der Waals surface area contributed by atoms with Gasteiger partial charge in [0, 0.05) is 11.8 Å². The lowest BCUT2D eigenvalue weighted by atomic mass is 9.44. The van der Waals surface area contributed by atoms with Gasteiger partial charge in [-0.2, -0.15) is 0 Å². The van der Waals surface area contributed by atoms with Crippen LogP contribution in [0.25, 0.3) is 0 Å². The highest BCUT2D eigenvalue weighted by atomic mass is 16.1. The van der Waals surface area contributed by atoms with Crippen LogP contribution < -0.4 is 0 Å². The fourth-order valence-corrected chi connectivity index (χ4v) is 7.50. The van der Waals surface area contributed by atoms with Crippen LogP contribution in [0.4, 0.5) is 0 Å². The SMILES string of the molecule is CC[C@@H]1CC(=O)[C@@]2(C)[C@@H](CC[C@H]3[C@H]4CCC[C@@]4(C)CC[C@H]32)C1. The van der Waals surface area contributed by atoms with E-state index in [4.69, 9.17) is 0 Å². The molecule has 0 aromatic heterocycles. The first kappa shape index (κ1) is 15.2. The van der Waals surface area contributed by atoms with E-state index < -0.39 is 0 Å². The number of ketones is 1. The van der Waals surface area contributed by atoms with Crippen LogP contribution in [0.5, 0.6) is 0 Å². The van der Waals surface area contributed by atoms with E-state index in [-0.39, 0.29) is 5.41 Å². The van der Waals surface area contributed by atoms with Crippen LogP contribution in [0, 0.1) is 40.4 Å². The summed E-state index contributed by atoms with van der Waals surface area (Å²) in [4.78, 5) is 13.1. The van der Waals surface area contributed by atoms with E-state index in [1.807, 2.05) is 0 Å². The lowest BCUT2D eigenvalue weighted by Gasteiger charge is -2.59. The van der Waals surface area contributed by atoms with Crippen molar-refractivity contribution in [2.75, 3.05) is 0 Å². The van der Waals surface area contributed by atoms with Crippen molar-refractivity contribution >= 4 is 5.78 Å². The summed E-state index contributed by atoms with van der Waals surface area (Å²) in [5.74, 6) is 4.54. The Labute approximate surface area is 136 Å². The normalized spacial score (nSPS) is 54.5. The molecule has 4 aliphatic rings. The quantitative estimate of drug-likeness (QED) is 0.614. The molecule has 0 heterocycles. The number of rotatable bonds is 1. The van der Waals surface area contributed by atoms with Gasteiger partial charge >= 0.3 is 0 Å². The van der Waals surface area contributed by atoms with E-state index in [0.717, 1.165) is 18.3 Å². The molecule has 4 saturated carbocycles. The van der Waals surface area contributed by atoms with Gasteiger partial charge in [-0.3, -0.25) is 4.79 Å². The molecule has 4 rings (SSSR count). The summed E-state index contributed by atoms with van der Waals surface area (Å²) in [7, 11) is 0. The second kappa shape index (κ2) is 5.08. The predicted octanol–water partition coefficient (Wildman–Crippen LogP) is 5.62. The molecule has 0 saturated heterocycles. The highest BCUT2D eigenvalue weighted by Crippen LogP contribution is 2.65. The zero-order chi connectivity index (χ0) is 15.5. The summed E-state index contributed by atoms with van der Waals surface area (Å²) in [6.07, 6.45) is 13.3.